The summed E-state index contributed by atoms with van der Waals surface area (Å²) >= 11 is 0. The third kappa shape index (κ3) is 2.22. The Balaban J connectivity index is 2.33. The molecule has 1 fully saturated rings. The molecule has 0 aliphatic heterocycles. The van der Waals surface area contributed by atoms with Gasteiger partial charge in [-0.15, -0.1) is 0 Å². The minimum Gasteiger partial charge on any atom is -0.481 e. The Hall–Kier alpha value is -1.06. The number of nitrogens with zero attached hydrogens (tertiary/aromatic N) is 1. The van der Waals surface area contributed by atoms with Crippen LogP contribution in [0.2, 0.25) is 0 Å². The van der Waals surface area contributed by atoms with Crippen LogP contribution in [0.15, 0.2) is 0 Å². The van der Waals surface area contributed by atoms with Crippen LogP contribution >= 0.6 is 0 Å². The molecule has 1 N–H and O–H groups in total. The topological polar surface area (TPSA) is 57.6 Å². The SMILES string of the molecule is CN(C(=O)CC(=O)O)C1CC1. The summed E-state index contributed by atoms with van der Waals surface area (Å²) in [7, 11) is 1.66. The zero-order valence-corrected chi connectivity index (χ0v) is 6.41. The highest BCUT2D eigenvalue weighted by atomic mass is 16.4. The van der Waals surface area contributed by atoms with E-state index in [1.54, 1.807) is 7.05 Å². The first kappa shape index (κ1) is 8.04. The Kier molecular flexibility index (Phi) is 2.12. The second kappa shape index (κ2) is 2.90. The van der Waals surface area contributed by atoms with Crippen LogP contribution in [0.5, 0.6) is 0 Å². The van der Waals surface area contributed by atoms with Gasteiger partial charge in [-0.3, -0.25) is 9.59 Å². The third-order valence-corrected chi connectivity index (χ3v) is 1.79. The van der Waals surface area contributed by atoms with Crippen molar-refractivity contribution in [2.45, 2.75) is 25.3 Å². The van der Waals surface area contributed by atoms with E-state index in [1.165, 1.54) is 4.90 Å². The van der Waals surface area contributed by atoms with Crippen molar-refractivity contribution in [3.05, 3.63) is 0 Å². The van der Waals surface area contributed by atoms with Gasteiger partial charge in [0.25, 0.3) is 0 Å². The Labute approximate surface area is 64.8 Å². The van der Waals surface area contributed by atoms with E-state index in [-0.39, 0.29) is 12.3 Å². The minimum atomic E-state index is -1.05. The first-order valence-corrected chi connectivity index (χ1v) is 3.58. The van der Waals surface area contributed by atoms with Crippen molar-refractivity contribution < 1.29 is 14.7 Å². The Morgan fingerprint density at radius 1 is 1.55 bits per heavy atom. The molecule has 1 aliphatic carbocycles. The highest BCUT2D eigenvalue weighted by Crippen LogP contribution is 2.25. The second-order valence-corrected chi connectivity index (χ2v) is 2.81. The van der Waals surface area contributed by atoms with E-state index in [0.717, 1.165) is 12.8 Å². The average molecular weight is 157 g/mol. The van der Waals surface area contributed by atoms with Crippen LogP contribution in [0, 0.1) is 0 Å². The molecule has 1 amide bonds. The fourth-order valence-corrected chi connectivity index (χ4v) is 0.920. The maximum atomic E-state index is 11.0. The van der Waals surface area contributed by atoms with Crippen LogP contribution < -0.4 is 0 Å². The Morgan fingerprint density at radius 3 is 2.45 bits per heavy atom. The monoisotopic (exact) mass is 157 g/mol. The van der Waals surface area contributed by atoms with Crippen LogP contribution in [0.25, 0.3) is 0 Å². The van der Waals surface area contributed by atoms with Gasteiger partial charge in [0.05, 0.1) is 0 Å². The van der Waals surface area contributed by atoms with Crippen LogP contribution in [0.3, 0.4) is 0 Å². The van der Waals surface area contributed by atoms with E-state index in [2.05, 4.69) is 0 Å². The molecular formula is C7H11NO3. The van der Waals surface area contributed by atoms with Gasteiger partial charge in [-0.1, -0.05) is 0 Å². The molecule has 0 atom stereocenters. The molecule has 0 aromatic carbocycles. The van der Waals surface area contributed by atoms with Crippen molar-refractivity contribution in [1.82, 2.24) is 4.90 Å². The zero-order valence-electron chi connectivity index (χ0n) is 6.41. The summed E-state index contributed by atoms with van der Waals surface area (Å²) in [4.78, 5) is 22.6. The molecule has 0 saturated heterocycles. The second-order valence-electron chi connectivity index (χ2n) is 2.81. The quantitative estimate of drug-likeness (QED) is 0.590. The normalized spacial score (nSPS) is 16.1. The smallest absolute Gasteiger partial charge is 0.312 e. The summed E-state index contributed by atoms with van der Waals surface area (Å²) in [6.45, 7) is 0. The van der Waals surface area contributed by atoms with Gasteiger partial charge in [-0.25, -0.2) is 0 Å². The molecule has 0 bridgehead atoms. The maximum absolute atomic E-state index is 11.0. The standard InChI is InChI=1S/C7H11NO3/c1-8(5-2-3-5)6(9)4-7(10)11/h5H,2-4H2,1H3,(H,10,11). The van der Waals surface area contributed by atoms with E-state index in [4.69, 9.17) is 5.11 Å². The van der Waals surface area contributed by atoms with Gasteiger partial charge in [0.2, 0.25) is 5.91 Å². The van der Waals surface area contributed by atoms with Gasteiger partial charge in [-0.2, -0.15) is 0 Å². The maximum Gasteiger partial charge on any atom is 0.312 e. The van der Waals surface area contributed by atoms with Crippen molar-refractivity contribution in [3.63, 3.8) is 0 Å². The highest BCUT2D eigenvalue weighted by Gasteiger charge is 2.29. The molecule has 0 unspecified atom stereocenters. The third-order valence-electron chi connectivity index (χ3n) is 1.79. The number of carbonyl (C=O) groups excluding carboxylic acids is 1. The number of aliphatic carboxylic acids is 1. The van der Waals surface area contributed by atoms with E-state index in [0.29, 0.717) is 6.04 Å². The zero-order chi connectivity index (χ0) is 8.43. The lowest BCUT2D eigenvalue weighted by molar-refractivity contribution is -0.143. The largest absolute Gasteiger partial charge is 0.481 e. The highest BCUT2D eigenvalue weighted by molar-refractivity contribution is 5.93. The first-order chi connectivity index (χ1) is 5.11. The molecule has 4 heteroatoms. The molecular weight excluding hydrogens is 146 g/mol. The number of hydrogen-bond donors (Lipinski definition) is 1. The molecule has 4 nitrogen and oxygen atoms in total. The summed E-state index contributed by atoms with van der Waals surface area (Å²) in [5, 5.41) is 8.29. The van der Waals surface area contributed by atoms with Gasteiger partial charge < -0.3 is 10.0 Å². The Bertz CT molecular complexity index is 186. The fraction of sp³-hybridized carbons (Fsp3) is 0.714. The Morgan fingerprint density at radius 2 is 2.09 bits per heavy atom. The number of amides is 1. The number of rotatable bonds is 3. The lowest BCUT2D eigenvalue weighted by Gasteiger charge is -2.14. The van der Waals surface area contributed by atoms with Gasteiger partial charge in [0, 0.05) is 13.1 Å². The summed E-state index contributed by atoms with van der Waals surface area (Å²) < 4.78 is 0. The van der Waals surface area contributed by atoms with Crippen LogP contribution in [0.1, 0.15) is 19.3 Å². The summed E-state index contributed by atoms with van der Waals surface area (Å²) in [6.07, 6.45) is 1.65. The van der Waals surface area contributed by atoms with Gasteiger partial charge >= 0.3 is 5.97 Å². The lowest BCUT2D eigenvalue weighted by atomic mass is 10.4. The molecule has 11 heavy (non-hydrogen) atoms. The van der Waals surface area contributed by atoms with Gasteiger partial charge in [0.1, 0.15) is 6.42 Å². The van der Waals surface area contributed by atoms with Crippen molar-refractivity contribution in [1.29, 1.82) is 0 Å². The first-order valence-electron chi connectivity index (χ1n) is 3.58. The molecule has 62 valence electrons. The van der Waals surface area contributed by atoms with Crippen molar-refractivity contribution in [2.75, 3.05) is 7.05 Å². The van der Waals surface area contributed by atoms with Crippen LogP contribution in [-0.2, 0) is 9.59 Å². The average Bonchev–Trinajstić information content (AvgIpc) is 2.65. The molecule has 1 rings (SSSR count). The van der Waals surface area contributed by atoms with Crippen molar-refractivity contribution >= 4 is 11.9 Å². The molecule has 1 saturated carbocycles. The molecule has 0 heterocycles. The van der Waals surface area contributed by atoms with E-state index >= 15 is 0 Å². The molecule has 0 radical (unpaired) electrons. The van der Waals surface area contributed by atoms with Gasteiger partial charge in [-0.05, 0) is 12.8 Å². The summed E-state index contributed by atoms with van der Waals surface area (Å²) in [5.41, 5.74) is 0. The predicted molar refractivity (Wildman–Crippen MR) is 38.0 cm³/mol. The van der Waals surface area contributed by atoms with Crippen molar-refractivity contribution in [2.24, 2.45) is 0 Å². The van der Waals surface area contributed by atoms with E-state index in [9.17, 15) is 9.59 Å². The van der Waals surface area contributed by atoms with E-state index in [1.807, 2.05) is 0 Å². The number of carbonyl (C=O) groups is 2. The number of carboxylic acids is 1. The minimum absolute atomic E-state index is 0.292. The van der Waals surface area contributed by atoms with Crippen molar-refractivity contribution in [3.8, 4) is 0 Å². The molecule has 0 aromatic heterocycles. The predicted octanol–water partition coefficient (Wildman–Crippen LogP) is 0.0819. The fourth-order valence-electron chi connectivity index (χ4n) is 0.920. The van der Waals surface area contributed by atoms with E-state index < -0.39 is 5.97 Å². The summed E-state index contributed by atoms with van der Waals surface area (Å²) in [5.74, 6) is -1.34. The molecule has 0 spiro atoms. The number of hydrogen-bond acceptors (Lipinski definition) is 2. The summed E-state index contributed by atoms with van der Waals surface area (Å²) in [6, 6.07) is 0.307. The molecule has 0 aromatic rings. The van der Waals surface area contributed by atoms with Crippen LogP contribution in [-0.4, -0.2) is 35.0 Å². The molecule has 1 aliphatic rings. The lowest BCUT2D eigenvalue weighted by Crippen LogP contribution is -2.30. The van der Waals surface area contributed by atoms with Crippen LogP contribution in [0.4, 0.5) is 0 Å². The number of carboxylic acid groups (broad SMARTS) is 1. The van der Waals surface area contributed by atoms with Gasteiger partial charge in [0.15, 0.2) is 0 Å².